The third kappa shape index (κ3) is 2.74. The van der Waals surface area contributed by atoms with Crippen molar-refractivity contribution in [2.45, 2.75) is 25.9 Å². The lowest BCUT2D eigenvalue weighted by Crippen LogP contribution is -2.36. The Morgan fingerprint density at radius 1 is 1.23 bits per heavy atom. The van der Waals surface area contributed by atoms with Crippen molar-refractivity contribution < 1.29 is 9.18 Å². The van der Waals surface area contributed by atoms with E-state index in [2.05, 4.69) is 12.1 Å². The molecular weight excluding hydrogens is 279 g/mol. The van der Waals surface area contributed by atoms with Gasteiger partial charge in [0.1, 0.15) is 5.82 Å². The average molecular weight is 298 g/mol. The van der Waals surface area contributed by atoms with Gasteiger partial charge in [0, 0.05) is 19.1 Å². The second kappa shape index (κ2) is 5.89. The Morgan fingerprint density at radius 3 is 2.73 bits per heavy atom. The second-order valence-electron chi connectivity index (χ2n) is 5.77. The zero-order valence-corrected chi connectivity index (χ0v) is 12.6. The summed E-state index contributed by atoms with van der Waals surface area (Å²) in [6.45, 7) is 3.05. The summed E-state index contributed by atoms with van der Waals surface area (Å²) in [6.07, 6.45) is 0.786. The number of carbonyl (C=O) groups excluding carboxylic acids is 1. The largest absolute Gasteiger partial charge is 0.334 e. The lowest BCUT2D eigenvalue weighted by Gasteiger charge is -2.29. The minimum Gasteiger partial charge on any atom is -0.334 e. The lowest BCUT2D eigenvalue weighted by atomic mass is 9.95. The van der Waals surface area contributed by atoms with Crippen molar-refractivity contribution in [2.75, 3.05) is 6.54 Å². The summed E-state index contributed by atoms with van der Waals surface area (Å²) in [6, 6.07) is 12.3. The number of hydrogen-bond acceptors (Lipinski definition) is 2. The molecule has 1 amide bonds. The number of benzene rings is 2. The molecule has 2 aromatic carbocycles. The quantitative estimate of drug-likeness (QED) is 0.926. The molecule has 22 heavy (non-hydrogen) atoms. The van der Waals surface area contributed by atoms with E-state index in [1.807, 2.05) is 13.0 Å². The van der Waals surface area contributed by atoms with Crippen molar-refractivity contribution in [3.63, 3.8) is 0 Å². The highest BCUT2D eigenvalue weighted by molar-refractivity contribution is 5.94. The van der Waals surface area contributed by atoms with Gasteiger partial charge in [0.2, 0.25) is 0 Å². The monoisotopic (exact) mass is 298 g/mol. The molecule has 1 unspecified atom stereocenters. The Morgan fingerprint density at radius 2 is 2.00 bits per heavy atom. The van der Waals surface area contributed by atoms with Crippen molar-refractivity contribution >= 4 is 5.91 Å². The SMILES string of the molecule is CC(N)c1ccc2c(c1)CN(C(=O)c1ccccc1F)CC2. The van der Waals surface area contributed by atoms with Crippen LogP contribution in [0.3, 0.4) is 0 Å². The summed E-state index contributed by atoms with van der Waals surface area (Å²) in [5.41, 5.74) is 9.45. The van der Waals surface area contributed by atoms with E-state index in [1.54, 1.807) is 17.0 Å². The zero-order valence-electron chi connectivity index (χ0n) is 12.6. The van der Waals surface area contributed by atoms with E-state index in [-0.39, 0.29) is 17.5 Å². The van der Waals surface area contributed by atoms with Gasteiger partial charge in [-0.05, 0) is 42.2 Å². The van der Waals surface area contributed by atoms with Crippen LogP contribution in [0, 0.1) is 5.82 Å². The topological polar surface area (TPSA) is 46.3 Å². The van der Waals surface area contributed by atoms with E-state index >= 15 is 0 Å². The fraction of sp³-hybridized carbons (Fsp3) is 0.278. The number of hydrogen-bond donors (Lipinski definition) is 1. The highest BCUT2D eigenvalue weighted by atomic mass is 19.1. The van der Waals surface area contributed by atoms with Gasteiger partial charge < -0.3 is 10.6 Å². The molecule has 2 aromatic rings. The maximum atomic E-state index is 13.8. The van der Waals surface area contributed by atoms with E-state index < -0.39 is 5.82 Å². The van der Waals surface area contributed by atoms with Crippen molar-refractivity contribution in [1.29, 1.82) is 0 Å². The van der Waals surface area contributed by atoms with Crippen LogP contribution in [0.2, 0.25) is 0 Å². The van der Waals surface area contributed by atoms with Gasteiger partial charge in [-0.2, -0.15) is 0 Å². The molecule has 4 heteroatoms. The summed E-state index contributed by atoms with van der Waals surface area (Å²) in [5.74, 6) is -0.724. The molecule has 3 nitrogen and oxygen atoms in total. The van der Waals surface area contributed by atoms with Crippen LogP contribution < -0.4 is 5.73 Å². The fourth-order valence-electron chi connectivity index (χ4n) is 2.84. The Bertz CT molecular complexity index is 712. The number of halogens is 1. The van der Waals surface area contributed by atoms with E-state index in [1.165, 1.54) is 17.7 Å². The van der Waals surface area contributed by atoms with E-state index in [0.29, 0.717) is 13.1 Å². The fourth-order valence-corrected chi connectivity index (χ4v) is 2.84. The third-order valence-electron chi connectivity index (χ3n) is 4.16. The predicted octanol–water partition coefficient (Wildman–Crippen LogP) is 3.04. The first-order valence-electron chi connectivity index (χ1n) is 7.47. The maximum absolute atomic E-state index is 13.8. The van der Waals surface area contributed by atoms with Gasteiger partial charge >= 0.3 is 0 Å². The van der Waals surface area contributed by atoms with Crippen LogP contribution in [-0.4, -0.2) is 17.4 Å². The highest BCUT2D eigenvalue weighted by Crippen LogP contribution is 2.24. The van der Waals surface area contributed by atoms with Gasteiger partial charge in [-0.1, -0.05) is 30.3 Å². The normalized spacial score (nSPS) is 15.3. The molecule has 1 heterocycles. The number of fused-ring (bicyclic) bond motifs is 1. The van der Waals surface area contributed by atoms with Crippen molar-refractivity contribution in [3.05, 3.63) is 70.5 Å². The molecule has 0 fully saturated rings. The maximum Gasteiger partial charge on any atom is 0.257 e. The van der Waals surface area contributed by atoms with Gasteiger partial charge in [0.15, 0.2) is 0 Å². The molecule has 0 bridgehead atoms. The molecule has 2 N–H and O–H groups in total. The lowest BCUT2D eigenvalue weighted by molar-refractivity contribution is 0.0730. The summed E-state index contributed by atoms with van der Waals surface area (Å²) < 4.78 is 13.8. The molecule has 0 saturated heterocycles. The van der Waals surface area contributed by atoms with Crippen molar-refractivity contribution in [3.8, 4) is 0 Å². The summed E-state index contributed by atoms with van der Waals surface area (Å²) in [4.78, 5) is 14.2. The third-order valence-corrected chi connectivity index (χ3v) is 4.16. The van der Waals surface area contributed by atoms with Gasteiger partial charge in [-0.3, -0.25) is 4.79 Å². The molecule has 0 saturated carbocycles. The van der Waals surface area contributed by atoms with Crippen LogP contribution >= 0.6 is 0 Å². The Balaban J connectivity index is 1.86. The minimum absolute atomic E-state index is 0.0389. The molecular formula is C18H19FN2O. The number of rotatable bonds is 2. The van der Waals surface area contributed by atoms with Crippen molar-refractivity contribution in [2.24, 2.45) is 5.73 Å². The number of nitrogens with zero attached hydrogens (tertiary/aromatic N) is 1. The Hall–Kier alpha value is -2.20. The zero-order chi connectivity index (χ0) is 15.7. The van der Waals surface area contributed by atoms with E-state index in [4.69, 9.17) is 5.73 Å². The van der Waals surface area contributed by atoms with Gasteiger partial charge in [-0.15, -0.1) is 0 Å². The minimum atomic E-state index is -0.470. The Kier molecular flexibility index (Phi) is 3.94. The van der Waals surface area contributed by atoms with Crippen LogP contribution in [0.15, 0.2) is 42.5 Å². The first kappa shape index (κ1) is 14.7. The van der Waals surface area contributed by atoms with Crippen LogP contribution in [0.4, 0.5) is 4.39 Å². The molecule has 1 aliphatic rings. The standard InChI is InChI=1S/C18H19FN2O/c1-12(20)14-7-6-13-8-9-21(11-15(13)10-14)18(22)16-4-2-3-5-17(16)19/h2-7,10,12H,8-9,11,20H2,1H3. The van der Waals surface area contributed by atoms with Crippen LogP contribution in [0.1, 0.15) is 40.0 Å². The first-order chi connectivity index (χ1) is 10.6. The van der Waals surface area contributed by atoms with E-state index in [0.717, 1.165) is 17.5 Å². The summed E-state index contributed by atoms with van der Waals surface area (Å²) in [7, 11) is 0. The summed E-state index contributed by atoms with van der Waals surface area (Å²) >= 11 is 0. The van der Waals surface area contributed by atoms with Gasteiger partial charge in [-0.25, -0.2) is 4.39 Å². The number of carbonyl (C=O) groups is 1. The van der Waals surface area contributed by atoms with Crippen LogP contribution in [0.5, 0.6) is 0 Å². The highest BCUT2D eigenvalue weighted by Gasteiger charge is 2.23. The van der Waals surface area contributed by atoms with Crippen LogP contribution in [0.25, 0.3) is 0 Å². The molecule has 1 aliphatic heterocycles. The Labute approximate surface area is 129 Å². The molecule has 114 valence electrons. The number of nitrogens with two attached hydrogens (primary N) is 1. The molecule has 3 rings (SSSR count). The molecule has 1 atom stereocenters. The number of amides is 1. The molecule has 0 radical (unpaired) electrons. The first-order valence-corrected chi connectivity index (χ1v) is 7.47. The van der Waals surface area contributed by atoms with Gasteiger partial charge in [0.25, 0.3) is 5.91 Å². The molecule has 0 aromatic heterocycles. The second-order valence-corrected chi connectivity index (χ2v) is 5.77. The molecule has 0 spiro atoms. The predicted molar refractivity (Wildman–Crippen MR) is 83.9 cm³/mol. The summed E-state index contributed by atoms with van der Waals surface area (Å²) in [5, 5.41) is 0. The van der Waals surface area contributed by atoms with E-state index in [9.17, 15) is 9.18 Å². The van der Waals surface area contributed by atoms with Crippen molar-refractivity contribution in [1.82, 2.24) is 4.90 Å². The van der Waals surface area contributed by atoms with Gasteiger partial charge in [0.05, 0.1) is 5.56 Å². The molecule has 0 aliphatic carbocycles. The van der Waals surface area contributed by atoms with Crippen LogP contribution in [-0.2, 0) is 13.0 Å². The smallest absolute Gasteiger partial charge is 0.257 e. The average Bonchev–Trinajstić information content (AvgIpc) is 2.53.